The molecule has 3 heterocycles. The molecule has 4 aliphatic rings. The lowest BCUT2D eigenvalue weighted by Crippen LogP contribution is -2.54. The number of alkyl halides is 3. The van der Waals surface area contributed by atoms with Gasteiger partial charge in [-0.3, -0.25) is 14.7 Å². The van der Waals surface area contributed by atoms with Crippen LogP contribution in [0.5, 0.6) is 0 Å². The zero-order valence-electron chi connectivity index (χ0n) is 16.3. The number of halogens is 3. The summed E-state index contributed by atoms with van der Waals surface area (Å²) in [5.74, 6) is -0.376. The molecular formula is C22H22F3N3O. The molecular weight excluding hydrogens is 379 g/mol. The predicted molar refractivity (Wildman–Crippen MR) is 103 cm³/mol. The first-order valence-electron chi connectivity index (χ1n) is 9.80. The van der Waals surface area contributed by atoms with Crippen LogP contribution in [-0.2, 0) is 4.79 Å². The first-order chi connectivity index (χ1) is 13.6. The van der Waals surface area contributed by atoms with Gasteiger partial charge in [-0.2, -0.15) is 13.2 Å². The van der Waals surface area contributed by atoms with Crippen molar-refractivity contribution < 1.29 is 18.0 Å². The van der Waals surface area contributed by atoms with Gasteiger partial charge in [-0.1, -0.05) is 19.1 Å². The van der Waals surface area contributed by atoms with Crippen LogP contribution in [0.4, 0.5) is 18.9 Å². The first-order valence-corrected chi connectivity index (χ1v) is 9.80. The Balaban J connectivity index is 1.37. The van der Waals surface area contributed by atoms with Gasteiger partial charge in [0, 0.05) is 29.5 Å². The first kappa shape index (κ1) is 18.6. The summed E-state index contributed by atoms with van der Waals surface area (Å²) >= 11 is 0. The van der Waals surface area contributed by atoms with Crippen molar-refractivity contribution in [2.24, 2.45) is 17.3 Å². The van der Waals surface area contributed by atoms with Crippen LogP contribution in [0.3, 0.4) is 0 Å². The molecule has 152 valence electrons. The summed E-state index contributed by atoms with van der Waals surface area (Å²) in [5.41, 5.74) is 2.45. The average molecular weight is 401 g/mol. The number of benzene rings is 1. The number of piperidine rings is 1. The topological polar surface area (TPSA) is 45.2 Å². The molecule has 2 aliphatic heterocycles. The van der Waals surface area contributed by atoms with E-state index in [4.69, 9.17) is 0 Å². The van der Waals surface area contributed by atoms with Crippen LogP contribution >= 0.6 is 0 Å². The molecule has 2 saturated carbocycles. The highest BCUT2D eigenvalue weighted by Crippen LogP contribution is 2.81. The number of pyridine rings is 1. The molecule has 1 unspecified atom stereocenters. The number of nitrogens with zero attached hydrogens (tertiary/aromatic N) is 2. The van der Waals surface area contributed by atoms with Crippen molar-refractivity contribution in [2.45, 2.75) is 32.0 Å². The zero-order valence-corrected chi connectivity index (χ0v) is 16.3. The van der Waals surface area contributed by atoms with E-state index < -0.39 is 24.2 Å². The second kappa shape index (κ2) is 5.81. The van der Waals surface area contributed by atoms with Crippen molar-refractivity contribution in [2.75, 3.05) is 18.4 Å². The molecule has 2 saturated heterocycles. The standard InChI is InChI=1S/C22H22F3N3O/c1-13-6-7-14(9-15(13)16-5-3-4-8-26-16)27-19(29)18-20(2)11-28(12-22(23,24)25)21(18)10-17(20)21/h3-9,17-18H,10-12H2,1-2H3,(H,27,29)/t17-,18+,20-,21?/m0/s1. The zero-order chi connectivity index (χ0) is 20.6. The lowest BCUT2D eigenvalue weighted by molar-refractivity contribution is -0.152. The second-order valence-electron chi connectivity index (χ2n) is 8.89. The summed E-state index contributed by atoms with van der Waals surface area (Å²) < 4.78 is 38.9. The van der Waals surface area contributed by atoms with E-state index in [9.17, 15) is 18.0 Å². The summed E-state index contributed by atoms with van der Waals surface area (Å²) in [5, 5.41) is 2.97. The molecule has 2 bridgehead atoms. The quantitative estimate of drug-likeness (QED) is 0.832. The van der Waals surface area contributed by atoms with Crippen LogP contribution in [0.25, 0.3) is 11.3 Å². The number of aromatic nitrogens is 1. The van der Waals surface area contributed by atoms with Crippen LogP contribution in [-0.4, -0.2) is 40.6 Å². The highest BCUT2D eigenvalue weighted by molar-refractivity contribution is 5.97. The Morgan fingerprint density at radius 2 is 2.10 bits per heavy atom. The van der Waals surface area contributed by atoms with Crippen LogP contribution < -0.4 is 5.32 Å². The number of carbonyl (C=O) groups is 1. The number of amides is 1. The smallest absolute Gasteiger partial charge is 0.326 e. The number of rotatable bonds is 4. The second-order valence-corrected chi connectivity index (χ2v) is 8.89. The molecule has 7 heteroatoms. The fourth-order valence-corrected chi connectivity index (χ4v) is 6.02. The van der Waals surface area contributed by atoms with Crippen molar-refractivity contribution in [1.29, 1.82) is 0 Å². The molecule has 1 spiro atoms. The third-order valence-electron chi connectivity index (χ3n) is 7.13. The normalized spacial score (nSPS) is 32.4. The maximum Gasteiger partial charge on any atom is 0.401 e. The maximum atomic E-state index is 13.1. The van der Waals surface area contributed by atoms with Gasteiger partial charge in [-0.25, -0.2) is 0 Å². The van der Waals surface area contributed by atoms with Crippen LogP contribution in [0.1, 0.15) is 18.9 Å². The number of aryl methyl sites for hydroxylation is 1. The molecule has 4 atom stereocenters. The third-order valence-corrected chi connectivity index (χ3v) is 7.13. The number of fused-ring (bicyclic) bond motifs is 1. The average Bonchev–Trinajstić information content (AvgIpc) is 3.20. The van der Waals surface area contributed by atoms with Gasteiger partial charge in [-0.15, -0.1) is 0 Å². The van der Waals surface area contributed by atoms with E-state index in [1.54, 1.807) is 6.20 Å². The van der Waals surface area contributed by atoms with Crippen molar-refractivity contribution >= 4 is 11.6 Å². The SMILES string of the molecule is Cc1ccc(NC(=O)[C@H]2C34C[C@H]3[C@]2(C)CN4CC(F)(F)F)cc1-c1ccccn1. The number of nitrogens with one attached hydrogen (secondary N) is 1. The van der Waals surface area contributed by atoms with Gasteiger partial charge in [0.15, 0.2) is 0 Å². The summed E-state index contributed by atoms with van der Waals surface area (Å²) in [4.78, 5) is 19.0. The number of hydrogen-bond donors (Lipinski definition) is 1. The number of anilines is 1. The lowest BCUT2D eigenvalue weighted by Gasteiger charge is -2.42. The Morgan fingerprint density at radius 1 is 1.31 bits per heavy atom. The predicted octanol–water partition coefficient (Wildman–Crippen LogP) is 4.27. The fraction of sp³-hybridized carbons (Fsp3) is 0.455. The molecule has 1 amide bonds. The monoisotopic (exact) mass is 401 g/mol. The van der Waals surface area contributed by atoms with Crippen molar-refractivity contribution in [1.82, 2.24) is 9.88 Å². The van der Waals surface area contributed by atoms with E-state index in [0.29, 0.717) is 18.7 Å². The lowest BCUT2D eigenvalue weighted by atomic mass is 9.61. The van der Waals surface area contributed by atoms with Gasteiger partial charge >= 0.3 is 6.18 Å². The number of hydrogen-bond acceptors (Lipinski definition) is 3. The van der Waals surface area contributed by atoms with E-state index >= 15 is 0 Å². The minimum Gasteiger partial charge on any atom is -0.326 e. The molecule has 29 heavy (non-hydrogen) atoms. The van der Waals surface area contributed by atoms with E-state index in [-0.39, 0.29) is 17.2 Å². The minimum atomic E-state index is -4.24. The van der Waals surface area contributed by atoms with Gasteiger partial charge in [-0.05, 0) is 54.5 Å². The van der Waals surface area contributed by atoms with E-state index in [1.807, 2.05) is 50.2 Å². The molecule has 1 N–H and O–H groups in total. The van der Waals surface area contributed by atoms with Crippen LogP contribution in [0, 0.1) is 24.2 Å². The van der Waals surface area contributed by atoms with Crippen molar-refractivity contribution in [3.05, 3.63) is 48.2 Å². The van der Waals surface area contributed by atoms with E-state index in [1.165, 1.54) is 4.90 Å². The van der Waals surface area contributed by atoms with Crippen LogP contribution in [0.15, 0.2) is 42.6 Å². The van der Waals surface area contributed by atoms with E-state index in [0.717, 1.165) is 16.8 Å². The Kier molecular flexibility index (Phi) is 3.73. The molecule has 1 aromatic heterocycles. The Bertz CT molecular complexity index is 993. The Hall–Kier alpha value is -2.41. The Morgan fingerprint density at radius 3 is 2.76 bits per heavy atom. The highest BCUT2D eigenvalue weighted by Gasteiger charge is 2.88. The summed E-state index contributed by atoms with van der Waals surface area (Å²) in [7, 11) is 0. The van der Waals surface area contributed by atoms with E-state index in [2.05, 4.69) is 10.3 Å². The molecule has 0 radical (unpaired) electrons. The highest BCUT2D eigenvalue weighted by atomic mass is 19.4. The van der Waals surface area contributed by atoms with Gasteiger partial charge < -0.3 is 5.32 Å². The summed E-state index contributed by atoms with van der Waals surface area (Å²) in [6, 6.07) is 11.3. The van der Waals surface area contributed by atoms with Gasteiger partial charge in [0.1, 0.15) is 0 Å². The molecule has 2 aromatic rings. The molecule has 2 aliphatic carbocycles. The van der Waals surface area contributed by atoms with Crippen molar-refractivity contribution in [3.8, 4) is 11.3 Å². The van der Waals surface area contributed by atoms with Gasteiger partial charge in [0.05, 0.1) is 18.2 Å². The van der Waals surface area contributed by atoms with Crippen molar-refractivity contribution in [3.63, 3.8) is 0 Å². The molecule has 1 aromatic carbocycles. The molecule has 4 fully saturated rings. The molecule has 6 rings (SSSR count). The van der Waals surface area contributed by atoms with Crippen LogP contribution in [0.2, 0.25) is 0 Å². The van der Waals surface area contributed by atoms with Gasteiger partial charge in [0.2, 0.25) is 5.91 Å². The minimum absolute atomic E-state index is 0.179. The molecule has 4 nitrogen and oxygen atoms in total. The summed E-state index contributed by atoms with van der Waals surface area (Å²) in [6.45, 7) is 3.34. The Labute approximate surface area is 167 Å². The van der Waals surface area contributed by atoms with Gasteiger partial charge in [0.25, 0.3) is 0 Å². The maximum absolute atomic E-state index is 13.1. The third kappa shape index (κ3) is 2.63. The fourth-order valence-electron chi connectivity index (χ4n) is 6.02. The number of carbonyl (C=O) groups excluding carboxylic acids is 1. The summed E-state index contributed by atoms with van der Waals surface area (Å²) in [6.07, 6.45) is -1.84. The largest absolute Gasteiger partial charge is 0.401 e.